The number of fused-ring (bicyclic) bond motifs is 1. The minimum atomic E-state index is -2.60. The van der Waals surface area contributed by atoms with Gasteiger partial charge in [-0.25, -0.2) is 18.3 Å². The summed E-state index contributed by atoms with van der Waals surface area (Å²) in [5, 5.41) is 10.9. The third kappa shape index (κ3) is 5.40. The molecule has 3 aliphatic rings. The number of hydrogen-bond donors (Lipinski definition) is 3. The number of nitrogen functional groups attached to an aromatic ring is 1. The number of nitrogens with one attached hydrogen (secondary N) is 2. The minimum absolute atomic E-state index is 0.0100. The third-order valence-electron chi connectivity index (χ3n) is 8.33. The van der Waals surface area contributed by atoms with Crippen molar-refractivity contribution in [3.05, 3.63) is 45.5 Å². The van der Waals surface area contributed by atoms with Crippen LogP contribution in [0.4, 0.5) is 20.3 Å². The van der Waals surface area contributed by atoms with Crippen molar-refractivity contribution < 1.29 is 18.4 Å². The van der Waals surface area contributed by atoms with Crippen molar-refractivity contribution >= 4 is 45.7 Å². The number of thiophene rings is 1. The predicted molar refractivity (Wildman–Crippen MR) is 154 cm³/mol. The fourth-order valence-corrected chi connectivity index (χ4v) is 7.22. The van der Waals surface area contributed by atoms with Gasteiger partial charge in [0, 0.05) is 39.1 Å². The largest absolute Gasteiger partial charge is 0.382 e. The standard InChI is InChI=1S/C28H34F2N8O2S/c1-16(39)36-10-6-18(13-36)21-12-22(24-27(31)33-15-34-38(21)24)37-9-2-3-19(14-37)35-28(40)25-20(11-23(41-25)26(29)30)17-4-7-32-8-5-17/h6,11-12,15,17,19,26,32H,2-5,7-10,13-14H2,1H3,(H,35,40)(H2,31,33,34)/t19-/m1/s1. The van der Waals surface area contributed by atoms with Gasteiger partial charge in [0.25, 0.3) is 12.3 Å². The molecule has 0 bridgehead atoms. The lowest BCUT2D eigenvalue weighted by Crippen LogP contribution is -2.48. The lowest BCUT2D eigenvalue weighted by atomic mass is 9.90. The molecule has 3 aromatic rings. The Morgan fingerprint density at radius 2 is 2.02 bits per heavy atom. The topological polar surface area (TPSA) is 121 Å². The zero-order chi connectivity index (χ0) is 28.7. The highest BCUT2D eigenvalue weighted by atomic mass is 32.1. The summed E-state index contributed by atoms with van der Waals surface area (Å²) in [4.78, 5) is 34.0. The van der Waals surface area contributed by atoms with Crippen molar-refractivity contribution in [2.75, 3.05) is 49.9 Å². The molecule has 3 aliphatic heterocycles. The number of halogens is 2. The molecule has 6 rings (SSSR count). The van der Waals surface area contributed by atoms with E-state index in [9.17, 15) is 18.4 Å². The number of amides is 2. The van der Waals surface area contributed by atoms with Gasteiger partial charge in [-0.15, -0.1) is 11.3 Å². The average Bonchev–Trinajstić information content (AvgIpc) is 3.71. The molecule has 10 nitrogen and oxygen atoms in total. The molecule has 0 saturated carbocycles. The van der Waals surface area contributed by atoms with Crippen LogP contribution in [-0.4, -0.2) is 76.6 Å². The number of nitrogens with zero attached hydrogens (tertiary/aromatic N) is 5. The maximum Gasteiger partial charge on any atom is 0.272 e. The molecule has 0 spiro atoms. The zero-order valence-electron chi connectivity index (χ0n) is 22.9. The van der Waals surface area contributed by atoms with E-state index in [1.54, 1.807) is 16.3 Å². The Morgan fingerprint density at radius 3 is 2.76 bits per heavy atom. The summed E-state index contributed by atoms with van der Waals surface area (Å²) in [6, 6.07) is 3.40. The lowest BCUT2D eigenvalue weighted by Gasteiger charge is -2.34. The molecular weight excluding hydrogens is 550 g/mol. The van der Waals surface area contributed by atoms with Crippen LogP contribution in [0.1, 0.15) is 70.8 Å². The van der Waals surface area contributed by atoms with Gasteiger partial charge in [-0.3, -0.25) is 9.59 Å². The molecule has 1 atom stereocenters. The van der Waals surface area contributed by atoms with Crippen LogP contribution in [0, 0.1) is 0 Å². The summed E-state index contributed by atoms with van der Waals surface area (Å²) < 4.78 is 29.1. The van der Waals surface area contributed by atoms with Crippen LogP contribution in [-0.2, 0) is 4.79 Å². The van der Waals surface area contributed by atoms with Crippen LogP contribution >= 0.6 is 11.3 Å². The number of nitrogens with two attached hydrogens (primary N) is 1. The van der Waals surface area contributed by atoms with Crippen molar-refractivity contribution in [2.24, 2.45) is 0 Å². The van der Waals surface area contributed by atoms with Crippen LogP contribution in [0.2, 0.25) is 0 Å². The Labute approximate surface area is 240 Å². The maximum absolute atomic E-state index is 13.6. The quantitative estimate of drug-likeness (QED) is 0.406. The van der Waals surface area contributed by atoms with E-state index in [4.69, 9.17) is 5.73 Å². The van der Waals surface area contributed by atoms with E-state index in [1.807, 2.05) is 12.1 Å². The minimum Gasteiger partial charge on any atom is -0.382 e. The van der Waals surface area contributed by atoms with Crippen LogP contribution in [0.5, 0.6) is 0 Å². The number of rotatable bonds is 6. The van der Waals surface area contributed by atoms with E-state index in [-0.39, 0.29) is 28.7 Å². The molecule has 2 amide bonds. The van der Waals surface area contributed by atoms with Gasteiger partial charge in [0.15, 0.2) is 5.82 Å². The normalized spacial score (nSPS) is 20.2. The molecule has 2 fully saturated rings. The van der Waals surface area contributed by atoms with Crippen LogP contribution in [0.15, 0.2) is 24.5 Å². The number of alkyl halides is 2. The second kappa shape index (κ2) is 11.4. The summed E-state index contributed by atoms with van der Waals surface area (Å²) >= 11 is 0.912. The molecule has 6 heterocycles. The summed E-state index contributed by atoms with van der Waals surface area (Å²) in [5.41, 5.74) is 10.5. The summed E-state index contributed by atoms with van der Waals surface area (Å²) in [6.07, 6.45) is 4.10. The van der Waals surface area contributed by atoms with E-state index >= 15 is 0 Å². The number of hydrogen-bond acceptors (Lipinski definition) is 8. The van der Waals surface area contributed by atoms with Crippen molar-refractivity contribution in [1.82, 2.24) is 30.1 Å². The monoisotopic (exact) mass is 584 g/mol. The highest BCUT2D eigenvalue weighted by Gasteiger charge is 2.31. The van der Waals surface area contributed by atoms with Crippen molar-refractivity contribution in [3.63, 3.8) is 0 Å². The van der Waals surface area contributed by atoms with Gasteiger partial charge in [0.05, 0.1) is 21.1 Å². The summed E-state index contributed by atoms with van der Waals surface area (Å²) in [5.74, 6) is 0.171. The Kier molecular flexibility index (Phi) is 7.64. The number of carbonyl (C=O) groups excluding carboxylic acids is 2. The zero-order valence-corrected chi connectivity index (χ0v) is 23.7. The fourth-order valence-electron chi connectivity index (χ4n) is 6.21. The van der Waals surface area contributed by atoms with Crippen LogP contribution in [0.25, 0.3) is 11.1 Å². The highest BCUT2D eigenvalue weighted by Crippen LogP contribution is 2.38. The summed E-state index contributed by atoms with van der Waals surface area (Å²) in [7, 11) is 0. The van der Waals surface area contributed by atoms with E-state index in [0.717, 1.165) is 79.2 Å². The van der Waals surface area contributed by atoms with Gasteiger partial charge >= 0.3 is 0 Å². The second-order valence-corrected chi connectivity index (χ2v) is 12.1. The Morgan fingerprint density at radius 1 is 1.22 bits per heavy atom. The molecule has 0 aliphatic carbocycles. The van der Waals surface area contributed by atoms with Crippen molar-refractivity contribution in [3.8, 4) is 0 Å². The molecule has 0 aromatic carbocycles. The maximum atomic E-state index is 13.6. The van der Waals surface area contributed by atoms with Gasteiger partial charge in [0.2, 0.25) is 5.91 Å². The first-order valence-electron chi connectivity index (χ1n) is 14.1. The van der Waals surface area contributed by atoms with Crippen LogP contribution < -0.4 is 21.3 Å². The first-order valence-corrected chi connectivity index (χ1v) is 14.9. The van der Waals surface area contributed by atoms with Crippen molar-refractivity contribution in [1.29, 1.82) is 0 Å². The SMILES string of the molecule is CC(=O)N1CC=C(c2cc(N3CCC[C@@H](NC(=O)c4sc(C(F)F)cc4C4CCNCC4)C3)c3c(N)ncnn23)C1. The van der Waals surface area contributed by atoms with Gasteiger partial charge in [-0.05, 0) is 68.0 Å². The molecule has 4 N–H and O–H groups in total. The molecule has 2 saturated heterocycles. The van der Waals surface area contributed by atoms with E-state index in [0.29, 0.717) is 35.8 Å². The molecule has 41 heavy (non-hydrogen) atoms. The van der Waals surface area contributed by atoms with E-state index < -0.39 is 6.43 Å². The Hall–Kier alpha value is -3.58. The molecule has 218 valence electrons. The van der Waals surface area contributed by atoms with E-state index in [2.05, 4.69) is 25.6 Å². The number of carbonyl (C=O) groups is 2. The van der Waals surface area contributed by atoms with Crippen molar-refractivity contribution in [2.45, 2.75) is 51.0 Å². The molecule has 0 unspecified atom stereocenters. The second-order valence-electron chi connectivity index (χ2n) is 11.0. The predicted octanol–water partition coefficient (Wildman–Crippen LogP) is 3.42. The molecule has 0 radical (unpaired) electrons. The first kappa shape index (κ1) is 27.6. The Bertz CT molecular complexity index is 1500. The van der Waals surface area contributed by atoms with Gasteiger partial charge in [-0.1, -0.05) is 6.08 Å². The smallest absolute Gasteiger partial charge is 0.272 e. The summed E-state index contributed by atoms with van der Waals surface area (Å²) in [6.45, 7) is 5.51. The highest BCUT2D eigenvalue weighted by molar-refractivity contribution is 7.14. The van der Waals surface area contributed by atoms with Crippen LogP contribution in [0.3, 0.4) is 0 Å². The molecular formula is C28H34F2N8O2S. The lowest BCUT2D eigenvalue weighted by molar-refractivity contribution is -0.127. The number of anilines is 2. The average molecular weight is 585 g/mol. The third-order valence-corrected chi connectivity index (χ3v) is 9.49. The molecule has 13 heteroatoms. The van der Waals surface area contributed by atoms with Gasteiger partial charge < -0.3 is 26.2 Å². The van der Waals surface area contributed by atoms with E-state index in [1.165, 1.54) is 12.4 Å². The first-order chi connectivity index (χ1) is 19.8. The number of aromatic nitrogens is 3. The Balaban J connectivity index is 1.24. The number of piperidine rings is 2. The van der Waals surface area contributed by atoms with Gasteiger partial charge in [-0.2, -0.15) is 5.10 Å². The van der Waals surface area contributed by atoms with Gasteiger partial charge in [0.1, 0.15) is 11.8 Å². The molecule has 3 aromatic heterocycles. The fraction of sp³-hybridized carbons (Fsp3) is 0.500.